The molecule has 3 atom stereocenters. The highest BCUT2D eigenvalue weighted by Crippen LogP contribution is 2.36. The largest absolute Gasteiger partial charge is 0.463 e. The van der Waals surface area contributed by atoms with Crippen LogP contribution in [0.25, 0.3) is 10.4 Å². The zero-order valence-corrected chi connectivity index (χ0v) is 15.2. The molecule has 2 aromatic rings. The number of hydrogen-bond acceptors (Lipinski definition) is 6. The Balaban J connectivity index is 1.81. The second kappa shape index (κ2) is 8.73. The zero-order valence-electron chi connectivity index (χ0n) is 15.2. The Morgan fingerprint density at radius 1 is 1.37 bits per heavy atom. The molecule has 0 spiro atoms. The fraction of sp³-hybridized carbons (Fsp3) is 0.421. The summed E-state index contributed by atoms with van der Waals surface area (Å²) in [6.45, 7) is 4.26. The maximum Gasteiger partial charge on any atom is 0.341 e. The van der Waals surface area contributed by atoms with E-state index in [2.05, 4.69) is 10.0 Å². The average molecular weight is 371 g/mol. The van der Waals surface area contributed by atoms with Crippen molar-refractivity contribution in [2.75, 3.05) is 13.2 Å². The second-order valence-corrected chi connectivity index (χ2v) is 6.13. The SMILES string of the molecule is CCOC(=O)c1cc([C@@H]2OC[C@H](N=[N+]=[N-])[C@H]2OCc2ccccc2)oc1C. The van der Waals surface area contributed by atoms with Gasteiger partial charge in [0.2, 0.25) is 0 Å². The van der Waals surface area contributed by atoms with E-state index in [-0.39, 0.29) is 13.2 Å². The highest BCUT2D eigenvalue weighted by atomic mass is 16.6. The van der Waals surface area contributed by atoms with Crippen molar-refractivity contribution in [3.05, 3.63) is 69.5 Å². The molecule has 3 rings (SSSR count). The van der Waals surface area contributed by atoms with E-state index < -0.39 is 24.2 Å². The van der Waals surface area contributed by atoms with Gasteiger partial charge in [0, 0.05) is 4.91 Å². The van der Waals surface area contributed by atoms with Crippen molar-refractivity contribution in [1.29, 1.82) is 0 Å². The van der Waals surface area contributed by atoms with Gasteiger partial charge in [0.25, 0.3) is 0 Å². The molecule has 0 N–H and O–H groups in total. The number of benzene rings is 1. The van der Waals surface area contributed by atoms with E-state index in [9.17, 15) is 4.79 Å². The Morgan fingerprint density at radius 2 is 2.15 bits per heavy atom. The fourth-order valence-corrected chi connectivity index (χ4v) is 3.03. The van der Waals surface area contributed by atoms with Crippen molar-refractivity contribution in [2.24, 2.45) is 5.11 Å². The molecule has 0 radical (unpaired) electrons. The van der Waals surface area contributed by atoms with Crippen LogP contribution >= 0.6 is 0 Å². The van der Waals surface area contributed by atoms with E-state index in [0.29, 0.717) is 23.7 Å². The van der Waals surface area contributed by atoms with E-state index in [1.165, 1.54) is 0 Å². The van der Waals surface area contributed by atoms with Gasteiger partial charge in [0.15, 0.2) is 0 Å². The summed E-state index contributed by atoms with van der Waals surface area (Å²) in [7, 11) is 0. The summed E-state index contributed by atoms with van der Waals surface area (Å²) in [5.74, 6) is 0.446. The van der Waals surface area contributed by atoms with Gasteiger partial charge in [-0.2, -0.15) is 0 Å². The van der Waals surface area contributed by atoms with E-state index in [1.807, 2.05) is 30.3 Å². The molecular formula is C19H21N3O5. The molecule has 1 aliphatic rings. The number of azide groups is 1. The van der Waals surface area contributed by atoms with Crippen molar-refractivity contribution in [2.45, 2.75) is 38.7 Å². The van der Waals surface area contributed by atoms with Gasteiger partial charge in [0.05, 0.1) is 25.9 Å². The lowest BCUT2D eigenvalue weighted by atomic mass is 10.1. The molecule has 0 bridgehead atoms. The molecule has 1 saturated heterocycles. The van der Waals surface area contributed by atoms with Crippen LogP contribution in [0.3, 0.4) is 0 Å². The third-order valence-electron chi connectivity index (χ3n) is 4.32. The standard InChI is InChI=1S/C19H21N3O5/c1-3-24-19(23)14-9-16(27-12(14)2)18-17(15(11-26-18)21-22-20)25-10-13-7-5-4-6-8-13/h4-9,15,17-18H,3,10-11H2,1-2H3/t15-,17+,18-/m0/s1. The Labute approximate surface area is 156 Å². The molecule has 1 aromatic carbocycles. The summed E-state index contributed by atoms with van der Waals surface area (Å²) in [5.41, 5.74) is 10.2. The number of aryl methyl sites for hydroxylation is 1. The summed E-state index contributed by atoms with van der Waals surface area (Å²) in [6, 6.07) is 10.8. The van der Waals surface area contributed by atoms with Gasteiger partial charge in [-0.05, 0) is 31.0 Å². The van der Waals surface area contributed by atoms with Crippen molar-refractivity contribution in [1.82, 2.24) is 0 Å². The number of rotatable bonds is 7. The van der Waals surface area contributed by atoms with E-state index >= 15 is 0 Å². The normalized spacial score (nSPS) is 21.6. The molecule has 142 valence electrons. The molecule has 0 aliphatic carbocycles. The third-order valence-corrected chi connectivity index (χ3v) is 4.32. The summed E-state index contributed by atoms with van der Waals surface area (Å²) in [5, 5.41) is 3.78. The summed E-state index contributed by atoms with van der Waals surface area (Å²) < 4.78 is 22.6. The lowest BCUT2D eigenvalue weighted by Crippen LogP contribution is -2.27. The van der Waals surface area contributed by atoms with Gasteiger partial charge in [-0.3, -0.25) is 0 Å². The van der Waals surface area contributed by atoms with Crippen molar-refractivity contribution < 1.29 is 23.4 Å². The number of carbonyl (C=O) groups excluding carboxylic acids is 1. The number of furan rings is 1. The number of esters is 1. The van der Waals surface area contributed by atoms with Crippen LogP contribution in [0.5, 0.6) is 0 Å². The van der Waals surface area contributed by atoms with E-state index in [4.69, 9.17) is 24.2 Å². The summed E-state index contributed by atoms with van der Waals surface area (Å²) in [6.07, 6.45) is -1.10. The lowest BCUT2D eigenvalue weighted by molar-refractivity contribution is -0.0301. The van der Waals surface area contributed by atoms with Gasteiger partial charge in [0.1, 0.15) is 29.3 Å². The van der Waals surface area contributed by atoms with Gasteiger partial charge in [-0.25, -0.2) is 4.79 Å². The quantitative estimate of drug-likeness (QED) is 0.315. The fourth-order valence-electron chi connectivity index (χ4n) is 3.03. The molecule has 0 amide bonds. The average Bonchev–Trinajstić information content (AvgIpc) is 3.25. The minimum Gasteiger partial charge on any atom is -0.463 e. The zero-order chi connectivity index (χ0) is 19.2. The molecule has 2 heterocycles. The van der Waals surface area contributed by atoms with Gasteiger partial charge in [-0.1, -0.05) is 35.4 Å². The third kappa shape index (κ3) is 4.31. The monoisotopic (exact) mass is 371 g/mol. The first-order valence-electron chi connectivity index (χ1n) is 8.72. The molecule has 8 nitrogen and oxygen atoms in total. The minimum absolute atomic E-state index is 0.211. The highest BCUT2D eigenvalue weighted by molar-refractivity contribution is 5.90. The molecule has 1 aromatic heterocycles. The molecule has 0 saturated carbocycles. The number of carbonyl (C=O) groups is 1. The van der Waals surface area contributed by atoms with Crippen LogP contribution < -0.4 is 0 Å². The molecule has 8 heteroatoms. The molecular weight excluding hydrogens is 350 g/mol. The first-order valence-corrected chi connectivity index (χ1v) is 8.72. The molecule has 1 fully saturated rings. The maximum absolute atomic E-state index is 12.0. The Hall–Kier alpha value is -2.80. The highest BCUT2D eigenvalue weighted by Gasteiger charge is 2.41. The van der Waals surface area contributed by atoms with E-state index in [0.717, 1.165) is 5.56 Å². The number of ether oxygens (including phenoxy) is 3. The predicted molar refractivity (Wildman–Crippen MR) is 96.0 cm³/mol. The van der Waals surface area contributed by atoms with Crippen molar-refractivity contribution in [3.63, 3.8) is 0 Å². The smallest absolute Gasteiger partial charge is 0.341 e. The van der Waals surface area contributed by atoms with Crippen LogP contribution in [0.1, 0.15) is 40.5 Å². The number of hydrogen-bond donors (Lipinski definition) is 0. The van der Waals surface area contributed by atoms with Gasteiger partial charge < -0.3 is 18.6 Å². The van der Waals surface area contributed by atoms with Crippen LogP contribution in [0, 0.1) is 6.92 Å². The van der Waals surface area contributed by atoms with Crippen LogP contribution in [-0.4, -0.2) is 31.3 Å². The van der Waals surface area contributed by atoms with E-state index in [1.54, 1.807) is 19.9 Å². The first-order chi connectivity index (χ1) is 13.1. The summed E-state index contributed by atoms with van der Waals surface area (Å²) >= 11 is 0. The van der Waals surface area contributed by atoms with Gasteiger partial charge >= 0.3 is 5.97 Å². The Bertz CT molecular complexity index is 829. The van der Waals surface area contributed by atoms with Crippen molar-refractivity contribution in [3.8, 4) is 0 Å². The van der Waals surface area contributed by atoms with Crippen LogP contribution in [0.2, 0.25) is 0 Å². The molecule has 27 heavy (non-hydrogen) atoms. The van der Waals surface area contributed by atoms with Gasteiger partial charge in [-0.15, -0.1) is 0 Å². The van der Waals surface area contributed by atoms with Crippen molar-refractivity contribution >= 4 is 5.97 Å². The van der Waals surface area contributed by atoms with Crippen LogP contribution in [0.4, 0.5) is 0 Å². The first kappa shape index (κ1) is 19.0. The predicted octanol–water partition coefficient (Wildman–Crippen LogP) is 4.10. The second-order valence-electron chi connectivity index (χ2n) is 6.13. The number of nitrogens with zero attached hydrogens (tertiary/aromatic N) is 3. The lowest BCUT2D eigenvalue weighted by Gasteiger charge is -2.20. The molecule has 1 aliphatic heterocycles. The summed E-state index contributed by atoms with van der Waals surface area (Å²) in [4.78, 5) is 14.9. The Kier molecular flexibility index (Phi) is 6.13. The van der Waals surface area contributed by atoms with Crippen LogP contribution in [0.15, 0.2) is 45.9 Å². The van der Waals surface area contributed by atoms with Crippen LogP contribution in [-0.2, 0) is 20.8 Å². The maximum atomic E-state index is 12.0. The molecule has 0 unspecified atom stereocenters. The minimum atomic E-state index is -0.578. The topological polar surface area (TPSA) is 107 Å². The Morgan fingerprint density at radius 3 is 2.85 bits per heavy atom.